The fraction of sp³-hybridized carbons (Fsp3) is 0.667. The van der Waals surface area contributed by atoms with Crippen molar-refractivity contribution in [2.45, 2.75) is 198 Å². The number of allylic oxidation sites excluding steroid dienone is 7. The number of esters is 1. The Hall–Kier alpha value is -5.19. The monoisotopic (exact) mass is 1120 g/mol. The molecule has 2 bridgehead atoms. The number of terminal acetylenes is 1. The van der Waals surface area contributed by atoms with Crippen molar-refractivity contribution in [3.63, 3.8) is 0 Å². The number of Topliss-reactive ketones (excluding diaryl/α,β-unsaturated/α-hetero) is 3. The number of carbonyl (C=O) groups excluding carboxylic acids is 5. The number of hydrogen-bond donors (Lipinski definition) is 4. The lowest BCUT2D eigenvalue weighted by atomic mass is 9.80. The van der Waals surface area contributed by atoms with Crippen LogP contribution in [0.4, 0.5) is 0 Å². The molecule has 444 valence electrons. The van der Waals surface area contributed by atoms with Gasteiger partial charge in [0.15, 0.2) is 5.78 Å². The Balaban J connectivity index is 1.52. The van der Waals surface area contributed by atoms with Crippen LogP contribution >= 0.6 is 0 Å². The van der Waals surface area contributed by atoms with E-state index in [4.69, 9.17) is 45.3 Å². The predicted molar refractivity (Wildman–Crippen MR) is 304 cm³/mol. The maximum Gasteiger partial charge on any atom is 0.329 e. The number of cyclic esters (lactones) is 1. The smallest absolute Gasteiger partial charge is 0.329 e. The van der Waals surface area contributed by atoms with Gasteiger partial charge < -0.3 is 59.1 Å². The molecule has 3 heterocycles. The molecule has 80 heavy (non-hydrogen) atoms. The lowest BCUT2D eigenvalue weighted by Gasteiger charge is -2.43. The number of fused-ring (bicyclic) bond motifs is 3. The second-order valence-corrected chi connectivity index (χ2v) is 22.8. The molecule has 4 aliphatic rings. The van der Waals surface area contributed by atoms with E-state index in [1.54, 1.807) is 40.0 Å². The van der Waals surface area contributed by atoms with Gasteiger partial charge in [0.25, 0.3) is 11.7 Å². The van der Waals surface area contributed by atoms with Crippen LogP contribution < -0.4 is 19.9 Å². The number of ether oxygens (including phenoxy) is 7. The predicted octanol–water partition coefficient (Wildman–Crippen LogP) is 7.84. The third kappa shape index (κ3) is 17.2. The molecular formula is C63H92N2O15. The summed E-state index contributed by atoms with van der Waals surface area (Å²) >= 11 is 0. The minimum Gasteiger partial charge on any atom is -0.496 e. The van der Waals surface area contributed by atoms with E-state index in [2.05, 4.69) is 5.92 Å². The number of unbranched alkanes of at least 4 members (excludes halogenated alkanes) is 2. The highest BCUT2D eigenvalue weighted by atomic mass is 16.6. The van der Waals surface area contributed by atoms with Crippen molar-refractivity contribution in [3.05, 3.63) is 65.3 Å². The van der Waals surface area contributed by atoms with Crippen LogP contribution in [-0.2, 0) is 42.9 Å². The number of amides is 1. The molecule has 1 saturated carbocycles. The molecule has 15 atom stereocenters. The molecule has 1 aromatic rings. The SMILES string of the molecule is C#CCCCCO[C@@H]1CC[C@@H](C[C@@H](N)[C@@H]2CC(=O)[C@H](C)/C=C(\C)[C@@H](O)[C@@H](O)C(=O)[C@H](C)C[C@H](C)/C=C/C=C/C=C(\C)C(c3c(OC)cc(OC)cc3OC)C[C@@H]3CC[C@@H](C)[C@@](O)(O3)C(=O)C(=O)N3CCCC[C@H]3C(=O)O2)C[C@H]1OC. The number of piperidine rings is 1. The highest BCUT2D eigenvalue weighted by Gasteiger charge is 2.53. The highest BCUT2D eigenvalue weighted by Crippen LogP contribution is 2.47. The molecule has 0 radical (unpaired) electrons. The first-order chi connectivity index (χ1) is 38.1. The normalized spacial score (nSPS) is 34.8. The summed E-state index contributed by atoms with van der Waals surface area (Å²) in [5.41, 5.74) is 8.73. The van der Waals surface area contributed by atoms with E-state index in [0.29, 0.717) is 87.2 Å². The number of benzene rings is 1. The topological polar surface area (TPSA) is 240 Å². The zero-order valence-corrected chi connectivity index (χ0v) is 49.1. The van der Waals surface area contributed by atoms with Crippen molar-refractivity contribution < 1.29 is 72.5 Å². The van der Waals surface area contributed by atoms with Crippen molar-refractivity contribution in [2.24, 2.45) is 35.3 Å². The minimum absolute atomic E-state index is 0.00883. The molecule has 1 amide bonds. The lowest BCUT2D eigenvalue weighted by Crippen LogP contribution is -2.61. The number of hydrogen-bond acceptors (Lipinski definition) is 16. The standard InChI is InChI=1S/C63H92N2O15/c1-12-13-14-20-29-78-51-27-25-44(33-53(51)75-9)32-48(64)52-37-50(66)40(4)31-42(6)58(68)59(69)57(67)41(5)30-38(2)21-16-15-17-22-39(3)47(56-54(76-10)35-46(74-8)36-55(56)77-11)34-45-26-24-43(7)63(73,80-45)60(70)61(71)65-28-19-18-23-49(65)62(72)79-52/h1,15-17,21-22,31,35-36,38,40-41,43-45,47-49,51-53,58-59,68-69,73H,13-14,18-20,23-30,32-34,37,64H2,2-11H3/b17-15+,21-16+,39-22+,42-31+/t38-,40-,41-,43-,44+,45+,47?,48-,49+,51-,52+,53-,58-,59+,63-/m1/s1. The first kappa shape index (κ1) is 65.6. The summed E-state index contributed by atoms with van der Waals surface area (Å²) in [7, 11) is 6.26. The van der Waals surface area contributed by atoms with E-state index in [1.165, 1.54) is 34.3 Å². The van der Waals surface area contributed by atoms with Crippen molar-refractivity contribution >= 4 is 29.2 Å². The summed E-state index contributed by atoms with van der Waals surface area (Å²) < 4.78 is 42.2. The lowest BCUT2D eigenvalue weighted by molar-refractivity contribution is -0.264. The van der Waals surface area contributed by atoms with Crippen LogP contribution in [0.3, 0.4) is 0 Å². The van der Waals surface area contributed by atoms with Gasteiger partial charge in [0.05, 0.1) is 39.6 Å². The summed E-state index contributed by atoms with van der Waals surface area (Å²) in [5, 5.41) is 34.9. The van der Waals surface area contributed by atoms with E-state index in [9.17, 15) is 39.3 Å². The van der Waals surface area contributed by atoms with Gasteiger partial charge in [0.2, 0.25) is 5.79 Å². The zero-order chi connectivity index (χ0) is 58.8. The summed E-state index contributed by atoms with van der Waals surface area (Å²) in [6, 6.07) is 1.38. The van der Waals surface area contributed by atoms with Gasteiger partial charge in [0, 0.05) is 80.5 Å². The van der Waals surface area contributed by atoms with E-state index in [-0.39, 0.29) is 55.4 Å². The van der Waals surface area contributed by atoms with E-state index >= 15 is 0 Å². The average Bonchev–Trinajstić information content (AvgIpc) is 3.45. The summed E-state index contributed by atoms with van der Waals surface area (Å²) in [5.74, 6) is -5.40. The van der Waals surface area contributed by atoms with Crippen LogP contribution in [0.5, 0.6) is 17.2 Å². The first-order valence-corrected chi connectivity index (χ1v) is 28.8. The Morgan fingerprint density at radius 3 is 2.21 bits per heavy atom. The molecule has 17 nitrogen and oxygen atoms in total. The number of nitrogens with zero attached hydrogens (tertiary/aromatic N) is 1. The molecular weight excluding hydrogens is 1020 g/mol. The first-order valence-electron chi connectivity index (χ1n) is 28.8. The molecule has 3 aliphatic heterocycles. The number of aliphatic hydroxyl groups excluding tert-OH is 2. The van der Waals surface area contributed by atoms with Gasteiger partial charge in [0.1, 0.15) is 47.4 Å². The zero-order valence-electron chi connectivity index (χ0n) is 49.1. The van der Waals surface area contributed by atoms with Crippen LogP contribution in [0.25, 0.3) is 0 Å². The van der Waals surface area contributed by atoms with E-state index in [0.717, 1.165) is 29.7 Å². The Morgan fingerprint density at radius 2 is 1.55 bits per heavy atom. The Bertz CT molecular complexity index is 2400. The molecule has 0 spiro atoms. The fourth-order valence-corrected chi connectivity index (χ4v) is 11.9. The summed E-state index contributed by atoms with van der Waals surface area (Å²) in [4.78, 5) is 73.0. The second kappa shape index (κ2) is 31.3. The summed E-state index contributed by atoms with van der Waals surface area (Å²) in [6.07, 6.45) is 17.6. The van der Waals surface area contributed by atoms with Crippen LogP contribution in [0, 0.1) is 41.9 Å². The fourth-order valence-electron chi connectivity index (χ4n) is 11.9. The van der Waals surface area contributed by atoms with Gasteiger partial charge in [-0.3, -0.25) is 19.2 Å². The third-order valence-corrected chi connectivity index (χ3v) is 16.9. The summed E-state index contributed by atoms with van der Waals surface area (Å²) in [6.45, 7) is 11.0. The van der Waals surface area contributed by atoms with Crippen LogP contribution in [0.1, 0.15) is 149 Å². The molecule has 0 aromatic heterocycles. The van der Waals surface area contributed by atoms with Crippen molar-refractivity contribution in [1.82, 2.24) is 4.90 Å². The van der Waals surface area contributed by atoms with Gasteiger partial charge in [-0.15, -0.1) is 12.3 Å². The van der Waals surface area contributed by atoms with Crippen LogP contribution in [0.2, 0.25) is 0 Å². The number of aliphatic hydroxyl groups is 3. The molecule has 3 fully saturated rings. The minimum atomic E-state index is -2.55. The van der Waals surface area contributed by atoms with Gasteiger partial charge in [-0.1, -0.05) is 69.7 Å². The number of nitrogens with two attached hydrogens (primary N) is 1. The van der Waals surface area contributed by atoms with Crippen LogP contribution in [0.15, 0.2) is 59.7 Å². The van der Waals surface area contributed by atoms with Gasteiger partial charge >= 0.3 is 5.97 Å². The van der Waals surface area contributed by atoms with Gasteiger partial charge in [-0.2, -0.15) is 0 Å². The maximum absolute atomic E-state index is 14.7. The maximum atomic E-state index is 14.7. The molecule has 2 saturated heterocycles. The Labute approximate surface area is 475 Å². The Kier molecular flexibility index (Phi) is 25.7. The molecule has 5 rings (SSSR count). The Morgan fingerprint density at radius 1 is 0.838 bits per heavy atom. The largest absolute Gasteiger partial charge is 0.496 e. The number of rotatable bonds is 13. The molecule has 5 N–H and O–H groups in total. The van der Waals surface area contributed by atoms with E-state index in [1.807, 2.05) is 44.2 Å². The highest BCUT2D eigenvalue weighted by molar-refractivity contribution is 6.39. The molecule has 1 aliphatic carbocycles. The molecule has 17 heteroatoms. The number of ketones is 3. The number of carbonyl (C=O) groups is 5. The van der Waals surface area contributed by atoms with Crippen LogP contribution in [-0.4, -0.2) is 146 Å². The second-order valence-electron chi connectivity index (χ2n) is 22.8. The molecule has 1 unspecified atom stereocenters. The molecule has 1 aromatic carbocycles. The average molecular weight is 1120 g/mol. The third-order valence-electron chi connectivity index (χ3n) is 16.9. The van der Waals surface area contributed by atoms with Gasteiger partial charge in [-0.05, 0) is 115 Å². The number of methoxy groups -OCH3 is 4. The van der Waals surface area contributed by atoms with E-state index < -0.39 is 95.2 Å². The van der Waals surface area contributed by atoms with Crippen molar-refractivity contribution in [3.8, 4) is 29.6 Å². The van der Waals surface area contributed by atoms with Crippen molar-refractivity contribution in [2.75, 3.05) is 41.6 Å². The quantitative estimate of drug-likeness (QED) is 0.0484. The van der Waals surface area contributed by atoms with Crippen molar-refractivity contribution in [1.29, 1.82) is 0 Å². The van der Waals surface area contributed by atoms with Gasteiger partial charge in [-0.25, -0.2) is 4.79 Å².